The SMILES string of the molecule is CCN=C(NC1CCCC(C(=O)NC(C)C)C1)NC1CC1c1ccccc1F. The van der Waals surface area contributed by atoms with Gasteiger partial charge in [0.1, 0.15) is 5.82 Å². The van der Waals surface area contributed by atoms with Gasteiger partial charge in [-0.1, -0.05) is 24.6 Å². The van der Waals surface area contributed by atoms with Gasteiger partial charge in [-0.3, -0.25) is 9.79 Å². The van der Waals surface area contributed by atoms with Gasteiger partial charge in [0.25, 0.3) is 0 Å². The summed E-state index contributed by atoms with van der Waals surface area (Å²) >= 11 is 0. The van der Waals surface area contributed by atoms with E-state index < -0.39 is 0 Å². The number of nitrogens with one attached hydrogen (secondary N) is 3. The maximum Gasteiger partial charge on any atom is 0.223 e. The van der Waals surface area contributed by atoms with E-state index in [1.807, 2.05) is 32.9 Å². The van der Waals surface area contributed by atoms with E-state index in [4.69, 9.17) is 0 Å². The van der Waals surface area contributed by atoms with Crippen molar-refractivity contribution >= 4 is 11.9 Å². The minimum absolute atomic E-state index is 0.0589. The predicted molar refractivity (Wildman–Crippen MR) is 111 cm³/mol. The van der Waals surface area contributed by atoms with E-state index in [2.05, 4.69) is 20.9 Å². The number of halogens is 1. The van der Waals surface area contributed by atoms with E-state index in [1.54, 1.807) is 6.07 Å². The lowest BCUT2D eigenvalue weighted by Gasteiger charge is -2.30. The topological polar surface area (TPSA) is 65.5 Å². The molecule has 1 aromatic carbocycles. The lowest BCUT2D eigenvalue weighted by atomic mass is 9.85. The zero-order chi connectivity index (χ0) is 20.1. The molecule has 0 saturated heterocycles. The first-order valence-electron chi connectivity index (χ1n) is 10.6. The quantitative estimate of drug-likeness (QED) is 0.517. The third-order valence-electron chi connectivity index (χ3n) is 5.55. The fraction of sp³-hybridized carbons (Fsp3) is 0.636. The highest BCUT2D eigenvalue weighted by Gasteiger charge is 2.41. The molecule has 154 valence electrons. The Bertz CT molecular complexity index is 706. The van der Waals surface area contributed by atoms with Crippen LogP contribution in [0, 0.1) is 11.7 Å². The molecule has 2 aliphatic carbocycles. The predicted octanol–water partition coefficient (Wildman–Crippen LogP) is 3.32. The largest absolute Gasteiger partial charge is 0.354 e. The number of carbonyl (C=O) groups excluding carboxylic acids is 1. The summed E-state index contributed by atoms with van der Waals surface area (Å²) in [6, 6.07) is 7.61. The van der Waals surface area contributed by atoms with E-state index in [9.17, 15) is 9.18 Å². The molecule has 5 nitrogen and oxygen atoms in total. The van der Waals surface area contributed by atoms with Gasteiger partial charge in [-0.05, 0) is 58.1 Å². The fourth-order valence-electron chi connectivity index (χ4n) is 4.10. The second-order valence-corrected chi connectivity index (χ2v) is 8.31. The second-order valence-electron chi connectivity index (χ2n) is 8.31. The Morgan fingerprint density at radius 3 is 2.71 bits per heavy atom. The molecule has 3 N–H and O–H groups in total. The zero-order valence-corrected chi connectivity index (χ0v) is 17.2. The molecule has 1 amide bonds. The maximum atomic E-state index is 14.0. The van der Waals surface area contributed by atoms with Crippen molar-refractivity contribution < 1.29 is 9.18 Å². The van der Waals surface area contributed by atoms with Crippen molar-refractivity contribution in [2.24, 2.45) is 10.9 Å². The third kappa shape index (κ3) is 5.46. The van der Waals surface area contributed by atoms with Crippen LogP contribution in [0.25, 0.3) is 0 Å². The summed E-state index contributed by atoms with van der Waals surface area (Å²) in [6.45, 7) is 6.67. The molecule has 2 fully saturated rings. The minimum atomic E-state index is -0.134. The molecule has 0 spiro atoms. The molecule has 0 aliphatic heterocycles. The van der Waals surface area contributed by atoms with Gasteiger partial charge in [0.15, 0.2) is 5.96 Å². The van der Waals surface area contributed by atoms with E-state index >= 15 is 0 Å². The van der Waals surface area contributed by atoms with Crippen LogP contribution in [0.4, 0.5) is 4.39 Å². The number of carbonyl (C=O) groups is 1. The van der Waals surface area contributed by atoms with Gasteiger partial charge in [0.2, 0.25) is 5.91 Å². The van der Waals surface area contributed by atoms with Gasteiger partial charge in [-0.2, -0.15) is 0 Å². The Balaban J connectivity index is 1.55. The summed E-state index contributed by atoms with van der Waals surface area (Å²) in [5.74, 6) is 1.06. The highest BCUT2D eigenvalue weighted by molar-refractivity contribution is 5.82. The van der Waals surface area contributed by atoms with Crippen LogP contribution in [0.2, 0.25) is 0 Å². The number of benzene rings is 1. The van der Waals surface area contributed by atoms with Crippen molar-refractivity contribution in [1.29, 1.82) is 0 Å². The van der Waals surface area contributed by atoms with Crippen molar-refractivity contribution in [3.05, 3.63) is 35.6 Å². The van der Waals surface area contributed by atoms with E-state index in [0.717, 1.165) is 43.6 Å². The normalized spacial score (nSPS) is 27.4. The van der Waals surface area contributed by atoms with Crippen molar-refractivity contribution in [1.82, 2.24) is 16.0 Å². The van der Waals surface area contributed by atoms with Crippen LogP contribution < -0.4 is 16.0 Å². The molecule has 2 saturated carbocycles. The molecule has 0 heterocycles. The highest BCUT2D eigenvalue weighted by Crippen LogP contribution is 2.41. The van der Waals surface area contributed by atoms with Crippen LogP contribution in [-0.2, 0) is 4.79 Å². The molecule has 0 bridgehead atoms. The number of amides is 1. The minimum Gasteiger partial charge on any atom is -0.354 e. The van der Waals surface area contributed by atoms with Crippen LogP contribution in [0.5, 0.6) is 0 Å². The summed E-state index contributed by atoms with van der Waals surface area (Å²) < 4.78 is 14.0. The van der Waals surface area contributed by atoms with E-state index in [1.165, 1.54) is 6.07 Å². The first-order chi connectivity index (χ1) is 13.5. The fourth-order valence-corrected chi connectivity index (χ4v) is 4.10. The molecule has 6 heteroatoms. The molecule has 1 aromatic rings. The Labute approximate surface area is 167 Å². The van der Waals surface area contributed by atoms with Crippen LogP contribution in [0.3, 0.4) is 0 Å². The molecule has 4 unspecified atom stereocenters. The zero-order valence-electron chi connectivity index (χ0n) is 17.2. The molecule has 3 rings (SSSR count). The monoisotopic (exact) mass is 388 g/mol. The van der Waals surface area contributed by atoms with E-state index in [0.29, 0.717) is 6.54 Å². The molecular weight excluding hydrogens is 355 g/mol. The lowest BCUT2D eigenvalue weighted by molar-refractivity contribution is -0.126. The Morgan fingerprint density at radius 2 is 2.00 bits per heavy atom. The molecule has 2 aliphatic rings. The Kier molecular flexibility index (Phi) is 6.92. The van der Waals surface area contributed by atoms with Crippen molar-refractivity contribution in [2.45, 2.75) is 76.9 Å². The standard InChI is InChI=1S/C22H33FN4O/c1-4-24-22(27-20-13-18(20)17-10-5-6-11-19(17)23)26-16-9-7-8-15(12-16)21(28)25-14(2)3/h5-6,10-11,14-16,18,20H,4,7-9,12-13H2,1-3H3,(H,25,28)(H2,24,26,27). The average molecular weight is 389 g/mol. The molecule has 0 aromatic heterocycles. The van der Waals surface area contributed by atoms with Crippen LogP contribution in [-0.4, -0.2) is 36.5 Å². The van der Waals surface area contributed by atoms with Gasteiger partial charge in [-0.25, -0.2) is 4.39 Å². The maximum absolute atomic E-state index is 14.0. The van der Waals surface area contributed by atoms with Gasteiger partial charge >= 0.3 is 0 Å². The van der Waals surface area contributed by atoms with Crippen molar-refractivity contribution in [3.63, 3.8) is 0 Å². The summed E-state index contributed by atoms with van der Waals surface area (Å²) in [5, 5.41) is 10.0. The first-order valence-corrected chi connectivity index (χ1v) is 10.6. The summed E-state index contributed by atoms with van der Waals surface area (Å²) in [4.78, 5) is 16.9. The van der Waals surface area contributed by atoms with Gasteiger partial charge in [-0.15, -0.1) is 0 Å². The summed E-state index contributed by atoms with van der Waals surface area (Å²) in [6.07, 6.45) is 4.76. The van der Waals surface area contributed by atoms with Crippen molar-refractivity contribution in [3.8, 4) is 0 Å². The second kappa shape index (κ2) is 9.39. The molecule has 4 atom stereocenters. The summed E-state index contributed by atoms with van der Waals surface area (Å²) in [5.41, 5.74) is 0.777. The van der Waals surface area contributed by atoms with Crippen molar-refractivity contribution in [2.75, 3.05) is 6.54 Å². The van der Waals surface area contributed by atoms with Crippen LogP contribution in [0.15, 0.2) is 29.3 Å². The smallest absolute Gasteiger partial charge is 0.223 e. The third-order valence-corrected chi connectivity index (χ3v) is 5.55. The molecule has 0 radical (unpaired) electrons. The lowest BCUT2D eigenvalue weighted by Crippen LogP contribution is -2.48. The number of guanidine groups is 1. The summed E-state index contributed by atoms with van der Waals surface area (Å²) in [7, 11) is 0. The Morgan fingerprint density at radius 1 is 1.21 bits per heavy atom. The average Bonchev–Trinajstić information content (AvgIpc) is 3.41. The van der Waals surface area contributed by atoms with Gasteiger partial charge in [0.05, 0.1) is 0 Å². The van der Waals surface area contributed by atoms with Crippen LogP contribution >= 0.6 is 0 Å². The van der Waals surface area contributed by atoms with Gasteiger partial charge in [0, 0.05) is 36.5 Å². The highest BCUT2D eigenvalue weighted by atomic mass is 19.1. The molecule has 28 heavy (non-hydrogen) atoms. The number of nitrogens with zero attached hydrogens (tertiary/aromatic N) is 1. The molecular formula is C22H33FN4O. The Hall–Kier alpha value is -2.11. The first kappa shape index (κ1) is 20.6. The number of rotatable bonds is 6. The number of hydrogen-bond acceptors (Lipinski definition) is 2. The van der Waals surface area contributed by atoms with Crippen LogP contribution in [0.1, 0.15) is 64.4 Å². The van der Waals surface area contributed by atoms with E-state index in [-0.39, 0.29) is 41.7 Å². The van der Waals surface area contributed by atoms with Gasteiger partial charge < -0.3 is 16.0 Å². The number of aliphatic imine (C=N–C) groups is 1. The number of hydrogen-bond donors (Lipinski definition) is 3.